The molecule has 0 saturated carbocycles. The van der Waals surface area contributed by atoms with Gasteiger partial charge in [-0.15, -0.1) is 0 Å². The van der Waals surface area contributed by atoms with Gasteiger partial charge < -0.3 is 19.5 Å². The number of nitrogens with zero attached hydrogens (tertiary/aromatic N) is 2. The minimum atomic E-state index is -1.29. The monoisotopic (exact) mass is 582 g/mol. The van der Waals surface area contributed by atoms with Crippen molar-refractivity contribution in [1.29, 1.82) is 0 Å². The highest BCUT2D eigenvalue weighted by molar-refractivity contribution is 5.97. The molecule has 0 aromatic heterocycles. The Hall–Kier alpha value is -4.05. The predicted molar refractivity (Wildman–Crippen MR) is 151 cm³/mol. The maximum Gasteiger partial charge on any atom is 0.335 e. The molecule has 7 nitrogen and oxygen atoms in total. The number of rotatable bonds is 9. The minimum Gasteiger partial charge on any atom is -0.493 e. The molecule has 3 aromatic carbocycles. The van der Waals surface area contributed by atoms with Crippen LogP contribution in [0.5, 0.6) is 11.5 Å². The number of amides is 1. The third-order valence-corrected chi connectivity index (χ3v) is 8.06. The van der Waals surface area contributed by atoms with E-state index in [1.807, 2.05) is 0 Å². The molecule has 2 aliphatic rings. The Morgan fingerprint density at radius 1 is 0.952 bits per heavy atom. The smallest absolute Gasteiger partial charge is 0.335 e. The molecule has 10 heteroatoms. The van der Waals surface area contributed by atoms with E-state index < -0.39 is 23.4 Å². The zero-order valence-electron chi connectivity index (χ0n) is 23.6. The topological polar surface area (TPSA) is 79.3 Å². The van der Waals surface area contributed by atoms with Crippen LogP contribution in [0.25, 0.3) is 11.1 Å². The van der Waals surface area contributed by atoms with Crippen molar-refractivity contribution in [3.63, 3.8) is 0 Å². The number of ether oxygens (including phenoxy) is 2. The van der Waals surface area contributed by atoms with E-state index in [0.717, 1.165) is 37.6 Å². The number of carbonyl (C=O) groups is 2. The molecule has 2 aliphatic heterocycles. The van der Waals surface area contributed by atoms with Crippen molar-refractivity contribution in [2.45, 2.75) is 39.7 Å². The molecule has 2 fully saturated rings. The fraction of sp³-hybridized carbons (Fsp3) is 0.375. The molecule has 1 spiro atoms. The van der Waals surface area contributed by atoms with E-state index in [1.54, 1.807) is 43.0 Å². The van der Waals surface area contributed by atoms with Gasteiger partial charge in [0.05, 0.1) is 24.3 Å². The van der Waals surface area contributed by atoms with Gasteiger partial charge in [-0.05, 0) is 93.2 Å². The van der Waals surface area contributed by atoms with E-state index in [2.05, 4.69) is 4.90 Å². The number of aromatic carboxylic acids is 1. The number of hydrogen-bond acceptors (Lipinski definition) is 5. The van der Waals surface area contributed by atoms with Crippen LogP contribution < -0.4 is 14.4 Å². The van der Waals surface area contributed by atoms with Gasteiger partial charge in [0.1, 0.15) is 17.3 Å². The Labute approximate surface area is 242 Å². The van der Waals surface area contributed by atoms with Crippen molar-refractivity contribution in [3.8, 4) is 22.6 Å². The summed E-state index contributed by atoms with van der Waals surface area (Å²) in [6.07, 6.45) is 2.06. The van der Waals surface area contributed by atoms with Crippen LogP contribution in [0.15, 0.2) is 48.5 Å². The summed E-state index contributed by atoms with van der Waals surface area (Å²) in [7, 11) is 0. The third-order valence-electron chi connectivity index (χ3n) is 8.06. The molecule has 42 heavy (non-hydrogen) atoms. The first-order valence-electron chi connectivity index (χ1n) is 14.1. The van der Waals surface area contributed by atoms with Gasteiger partial charge in [0.25, 0.3) is 0 Å². The van der Waals surface area contributed by atoms with Crippen LogP contribution in [0.2, 0.25) is 0 Å². The average Bonchev–Trinajstić information content (AvgIpc) is 3.28. The quantitative estimate of drug-likeness (QED) is 0.299. The number of carboxylic acids is 1. The Morgan fingerprint density at radius 3 is 2.14 bits per heavy atom. The molecular formula is C32H33F3N2O5. The van der Waals surface area contributed by atoms with E-state index in [-0.39, 0.29) is 52.7 Å². The van der Waals surface area contributed by atoms with E-state index in [0.29, 0.717) is 31.3 Å². The first kappa shape index (κ1) is 29.4. The van der Waals surface area contributed by atoms with Crippen molar-refractivity contribution in [1.82, 2.24) is 4.90 Å². The van der Waals surface area contributed by atoms with Gasteiger partial charge in [0, 0.05) is 36.8 Å². The zero-order valence-corrected chi connectivity index (χ0v) is 23.6. The number of anilines is 1. The minimum absolute atomic E-state index is 0.0332. The van der Waals surface area contributed by atoms with Crippen LogP contribution in [-0.2, 0) is 11.3 Å². The number of piperidine rings is 1. The highest BCUT2D eigenvalue weighted by atomic mass is 19.2. The molecule has 0 atom stereocenters. The molecular weight excluding hydrogens is 549 g/mol. The van der Waals surface area contributed by atoms with E-state index >= 15 is 0 Å². The fourth-order valence-electron chi connectivity index (χ4n) is 5.97. The summed E-state index contributed by atoms with van der Waals surface area (Å²) >= 11 is 0. The summed E-state index contributed by atoms with van der Waals surface area (Å²) in [6, 6.07) is 11.3. The van der Waals surface area contributed by atoms with E-state index in [1.165, 1.54) is 12.1 Å². The molecule has 0 unspecified atom stereocenters. The summed E-state index contributed by atoms with van der Waals surface area (Å²) in [5, 5.41) is 9.16. The first-order chi connectivity index (χ1) is 20.1. The standard InChI is InChI=1S/C32H33F3N2O5/c1-3-41-26-13-20(14-27(42-4-2)29(26)24-15-22(33)16-25(34)30(24)35)18-36-11-9-32(10-12-36)17-28(38)37(19-32)23-7-5-21(6-8-23)31(39)40/h5-8,13-16H,3-4,9-12,17-19H2,1-2H3,(H,39,40). The van der Waals surface area contributed by atoms with Gasteiger partial charge in [-0.1, -0.05) is 0 Å². The van der Waals surface area contributed by atoms with Gasteiger partial charge in [-0.2, -0.15) is 0 Å². The number of hydrogen-bond donors (Lipinski definition) is 1. The molecule has 0 aliphatic carbocycles. The Kier molecular flexibility index (Phi) is 8.45. The molecule has 1 N–H and O–H groups in total. The Balaban J connectivity index is 1.33. The molecule has 0 radical (unpaired) electrons. The maximum absolute atomic E-state index is 14.8. The molecule has 1 amide bonds. The van der Waals surface area contributed by atoms with Crippen molar-refractivity contribution in [2.24, 2.45) is 5.41 Å². The van der Waals surface area contributed by atoms with Crippen LogP contribution in [0, 0.1) is 22.9 Å². The summed E-state index contributed by atoms with van der Waals surface area (Å²) in [6.45, 7) is 6.70. The maximum atomic E-state index is 14.8. The first-order valence-corrected chi connectivity index (χ1v) is 14.1. The number of halogens is 3. The summed E-state index contributed by atoms with van der Waals surface area (Å²) < 4.78 is 54.7. The molecule has 3 aromatic rings. The molecule has 0 bridgehead atoms. The van der Waals surface area contributed by atoms with Gasteiger partial charge in [-0.3, -0.25) is 9.69 Å². The zero-order chi connectivity index (χ0) is 30.0. The summed E-state index contributed by atoms with van der Waals surface area (Å²) in [4.78, 5) is 28.1. The van der Waals surface area contributed by atoms with Crippen molar-refractivity contribution in [2.75, 3.05) is 37.7 Å². The summed E-state index contributed by atoms with van der Waals surface area (Å²) in [5.74, 6) is -3.78. The molecule has 5 rings (SSSR count). The second-order valence-electron chi connectivity index (χ2n) is 10.9. The van der Waals surface area contributed by atoms with Gasteiger partial charge >= 0.3 is 5.97 Å². The largest absolute Gasteiger partial charge is 0.493 e. The van der Waals surface area contributed by atoms with Crippen LogP contribution in [-0.4, -0.2) is 54.7 Å². The van der Waals surface area contributed by atoms with Gasteiger partial charge in [0.15, 0.2) is 11.6 Å². The highest BCUT2D eigenvalue weighted by Crippen LogP contribution is 2.45. The number of likely N-dealkylation sites (tertiary alicyclic amines) is 1. The van der Waals surface area contributed by atoms with Crippen molar-refractivity contribution in [3.05, 3.63) is 77.1 Å². The Morgan fingerprint density at radius 2 is 1.57 bits per heavy atom. The van der Waals surface area contributed by atoms with Crippen LogP contribution in [0.4, 0.5) is 18.9 Å². The molecule has 222 valence electrons. The van der Waals surface area contributed by atoms with Crippen LogP contribution in [0.1, 0.15) is 49.0 Å². The lowest BCUT2D eigenvalue weighted by Gasteiger charge is -2.39. The fourth-order valence-corrected chi connectivity index (χ4v) is 5.97. The molecule has 2 heterocycles. The van der Waals surface area contributed by atoms with Gasteiger partial charge in [0.2, 0.25) is 5.91 Å². The molecule has 2 saturated heterocycles. The normalized spacial score (nSPS) is 16.7. The van der Waals surface area contributed by atoms with Crippen LogP contribution in [0.3, 0.4) is 0 Å². The number of carboxylic acid groups (broad SMARTS) is 1. The third kappa shape index (κ3) is 5.94. The van der Waals surface area contributed by atoms with Crippen LogP contribution >= 0.6 is 0 Å². The second kappa shape index (κ2) is 12.1. The second-order valence-corrected chi connectivity index (χ2v) is 10.9. The van der Waals surface area contributed by atoms with E-state index in [9.17, 15) is 22.8 Å². The average molecular weight is 583 g/mol. The lowest BCUT2D eigenvalue weighted by atomic mass is 9.77. The van der Waals surface area contributed by atoms with Gasteiger partial charge in [-0.25, -0.2) is 18.0 Å². The summed E-state index contributed by atoms with van der Waals surface area (Å²) in [5.41, 5.74) is 1.47. The van der Waals surface area contributed by atoms with E-state index in [4.69, 9.17) is 14.6 Å². The van der Waals surface area contributed by atoms with Crippen molar-refractivity contribution >= 4 is 17.6 Å². The number of benzene rings is 3. The van der Waals surface area contributed by atoms with Crippen molar-refractivity contribution < 1.29 is 37.3 Å². The SMILES string of the molecule is CCOc1cc(CN2CCC3(CC2)CC(=O)N(c2ccc(C(=O)O)cc2)C3)cc(OCC)c1-c1cc(F)cc(F)c1F. The lowest BCUT2D eigenvalue weighted by molar-refractivity contribution is -0.118. The lowest BCUT2D eigenvalue weighted by Crippen LogP contribution is -2.41. The number of carbonyl (C=O) groups excluding carboxylic acids is 1. The Bertz CT molecular complexity index is 1460. The highest BCUT2D eigenvalue weighted by Gasteiger charge is 2.45. The predicted octanol–water partition coefficient (Wildman–Crippen LogP) is 6.29.